The van der Waals surface area contributed by atoms with Gasteiger partial charge in [-0.1, -0.05) is 39.1 Å². The predicted octanol–water partition coefficient (Wildman–Crippen LogP) is 5.82. The highest BCUT2D eigenvalue weighted by molar-refractivity contribution is 9.10. The van der Waals surface area contributed by atoms with Gasteiger partial charge in [0.2, 0.25) is 0 Å². The second-order valence-electron chi connectivity index (χ2n) is 6.06. The van der Waals surface area contributed by atoms with Gasteiger partial charge in [-0.25, -0.2) is 8.42 Å². The lowest BCUT2D eigenvalue weighted by molar-refractivity contribution is 0.102. The van der Waals surface area contributed by atoms with E-state index < -0.39 is 15.9 Å². The molecule has 3 aromatic carbocycles. The van der Waals surface area contributed by atoms with Gasteiger partial charge in [-0.2, -0.15) is 0 Å². The van der Waals surface area contributed by atoms with E-state index >= 15 is 0 Å². The van der Waals surface area contributed by atoms with Crippen LogP contribution >= 0.6 is 39.1 Å². The van der Waals surface area contributed by atoms with Crippen molar-refractivity contribution in [2.24, 2.45) is 0 Å². The lowest BCUT2D eigenvalue weighted by Crippen LogP contribution is -2.16. The molecule has 3 rings (SSSR count). The summed E-state index contributed by atoms with van der Waals surface area (Å²) in [4.78, 5) is 12.5. The monoisotopic (exact) mass is 528 g/mol. The summed E-state index contributed by atoms with van der Waals surface area (Å²) in [7, 11) is -2.56. The molecule has 0 saturated heterocycles. The van der Waals surface area contributed by atoms with Crippen LogP contribution in [0.3, 0.4) is 0 Å². The molecule has 30 heavy (non-hydrogen) atoms. The average Bonchev–Trinajstić information content (AvgIpc) is 2.70. The van der Waals surface area contributed by atoms with Gasteiger partial charge in [-0.3, -0.25) is 9.52 Å². The van der Waals surface area contributed by atoms with Gasteiger partial charge in [0.05, 0.1) is 17.7 Å². The van der Waals surface area contributed by atoms with Crippen LogP contribution in [0.1, 0.15) is 10.4 Å². The molecule has 0 radical (unpaired) electrons. The van der Waals surface area contributed by atoms with Crippen LogP contribution in [0, 0.1) is 0 Å². The van der Waals surface area contributed by atoms with E-state index in [0.717, 1.165) is 4.47 Å². The van der Waals surface area contributed by atoms with Gasteiger partial charge in [0.1, 0.15) is 10.6 Å². The summed E-state index contributed by atoms with van der Waals surface area (Å²) in [5, 5.41) is 3.01. The Bertz CT molecular complexity index is 1200. The molecule has 0 atom stereocenters. The van der Waals surface area contributed by atoms with Crippen LogP contribution in [0.2, 0.25) is 10.0 Å². The van der Waals surface area contributed by atoms with Crippen molar-refractivity contribution in [3.05, 3.63) is 80.7 Å². The molecule has 0 spiro atoms. The Labute approximate surface area is 192 Å². The zero-order valence-corrected chi connectivity index (χ0v) is 19.4. The lowest BCUT2D eigenvalue weighted by atomic mass is 10.2. The van der Waals surface area contributed by atoms with E-state index in [2.05, 4.69) is 26.0 Å². The second kappa shape index (κ2) is 9.26. The first-order chi connectivity index (χ1) is 14.2. The quantitative estimate of drug-likeness (QED) is 0.421. The number of halogens is 3. The molecule has 3 aromatic rings. The van der Waals surface area contributed by atoms with Crippen molar-refractivity contribution in [3.63, 3.8) is 0 Å². The molecular formula is C20H15BrCl2N2O4S. The second-order valence-corrected chi connectivity index (χ2v) is 9.47. The highest BCUT2D eigenvalue weighted by Gasteiger charge is 2.20. The fourth-order valence-corrected chi connectivity index (χ4v) is 4.59. The third-order valence-corrected chi connectivity index (χ3v) is 6.61. The van der Waals surface area contributed by atoms with Gasteiger partial charge in [0, 0.05) is 20.9 Å². The Balaban J connectivity index is 1.89. The van der Waals surface area contributed by atoms with Crippen LogP contribution in [-0.2, 0) is 10.0 Å². The molecule has 0 aliphatic rings. The lowest BCUT2D eigenvalue weighted by Gasteiger charge is -2.13. The van der Waals surface area contributed by atoms with Crippen LogP contribution in [0.4, 0.5) is 11.4 Å². The highest BCUT2D eigenvalue weighted by Crippen LogP contribution is 2.29. The summed E-state index contributed by atoms with van der Waals surface area (Å²) in [6, 6.07) is 15.4. The average molecular weight is 530 g/mol. The normalized spacial score (nSPS) is 11.1. The number of nitrogens with one attached hydrogen (secondary N) is 2. The van der Waals surface area contributed by atoms with Crippen LogP contribution in [0.15, 0.2) is 70.0 Å². The Kier molecular flexibility index (Phi) is 6.92. The van der Waals surface area contributed by atoms with Gasteiger partial charge in [-0.05, 0) is 60.7 Å². The fraction of sp³-hybridized carbons (Fsp3) is 0.0500. The smallest absolute Gasteiger partial charge is 0.263 e. The summed E-state index contributed by atoms with van der Waals surface area (Å²) >= 11 is 15.4. The van der Waals surface area contributed by atoms with E-state index in [1.54, 1.807) is 36.4 Å². The van der Waals surface area contributed by atoms with E-state index in [0.29, 0.717) is 16.5 Å². The standard InChI is InChI=1S/C20H15BrCl2N2O4S/c1-29-18-9-4-13(22)10-16(18)20(26)24-15-7-8-17(23)19(11-15)30(27,28)25-14-5-2-12(21)3-6-14/h2-11,25H,1H3,(H,24,26). The number of ether oxygens (including phenoxy) is 1. The molecule has 1 amide bonds. The first-order valence-corrected chi connectivity index (χ1v) is 11.5. The Morgan fingerprint density at radius 3 is 2.30 bits per heavy atom. The number of hydrogen-bond acceptors (Lipinski definition) is 4. The minimum atomic E-state index is -3.99. The molecule has 0 aliphatic heterocycles. The number of anilines is 2. The predicted molar refractivity (Wildman–Crippen MR) is 122 cm³/mol. The Hall–Kier alpha value is -2.26. The van der Waals surface area contributed by atoms with Crippen molar-refractivity contribution in [2.45, 2.75) is 4.90 Å². The third kappa shape index (κ3) is 5.26. The summed E-state index contributed by atoms with van der Waals surface area (Å²) < 4.78 is 34.1. The molecule has 0 aliphatic carbocycles. The molecule has 0 saturated carbocycles. The number of carbonyl (C=O) groups is 1. The molecule has 2 N–H and O–H groups in total. The van der Waals surface area contributed by atoms with E-state index in [4.69, 9.17) is 27.9 Å². The van der Waals surface area contributed by atoms with Crippen LogP contribution in [0.5, 0.6) is 5.75 Å². The van der Waals surface area contributed by atoms with Gasteiger partial charge in [0.15, 0.2) is 0 Å². The number of methoxy groups -OCH3 is 1. The number of sulfonamides is 1. The zero-order chi connectivity index (χ0) is 21.9. The third-order valence-electron chi connectivity index (χ3n) is 3.98. The van der Waals surface area contributed by atoms with Crippen LogP contribution in [0.25, 0.3) is 0 Å². The first kappa shape index (κ1) is 22.4. The number of benzene rings is 3. The SMILES string of the molecule is COc1ccc(Cl)cc1C(=O)Nc1ccc(Cl)c(S(=O)(=O)Nc2ccc(Br)cc2)c1. The van der Waals surface area contributed by atoms with Gasteiger partial charge < -0.3 is 10.1 Å². The van der Waals surface area contributed by atoms with Crippen LogP contribution in [-0.4, -0.2) is 21.4 Å². The van der Waals surface area contributed by atoms with E-state index in [1.807, 2.05) is 0 Å². The Morgan fingerprint density at radius 2 is 1.63 bits per heavy atom. The maximum Gasteiger partial charge on any atom is 0.263 e. The number of hydrogen-bond donors (Lipinski definition) is 2. The first-order valence-electron chi connectivity index (χ1n) is 8.42. The zero-order valence-electron chi connectivity index (χ0n) is 15.4. The molecule has 0 unspecified atom stereocenters. The highest BCUT2D eigenvalue weighted by atomic mass is 79.9. The molecule has 0 aromatic heterocycles. The minimum absolute atomic E-state index is 0.0120. The van der Waals surface area contributed by atoms with Crippen molar-refractivity contribution in [3.8, 4) is 5.75 Å². The van der Waals surface area contributed by atoms with Gasteiger partial charge in [-0.15, -0.1) is 0 Å². The van der Waals surface area contributed by atoms with Crippen molar-refractivity contribution in [1.29, 1.82) is 0 Å². The number of carbonyl (C=O) groups excluding carboxylic acids is 1. The van der Waals surface area contributed by atoms with Crippen molar-refractivity contribution < 1.29 is 17.9 Å². The van der Waals surface area contributed by atoms with E-state index in [-0.39, 0.29) is 21.2 Å². The summed E-state index contributed by atoms with van der Waals surface area (Å²) in [6.45, 7) is 0. The molecule has 156 valence electrons. The molecule has 0 heterocycles. The van der Waals surface area contributed by atoms with Gasteiger partial charge >= 0.3 is 0 Å². The molecule has 0 fully saturated rings. The minimum Gasteiger partial charge on any atom is -0.496 e. The number of amides is 1. The van der Waals surface area contributed by atoms with Gasteiger partial charge in [0.25, 0.3) is 15.9 Å². The summed E-state index contributed by atoms with van der Waals surface area (Å²) in [5.41, 5.74) is 0.812. The molecule has 6 nitrogen and oxygen atoms in total. The van der Waals surface area contributed by atoms with Crippen molar-refractivity contribution in [2.75, 3.05) is 17.1 Å². The largest absolute Gasteiger partial charge is 0.496 e. The molecular weight excluding hydrogens is 515 g/mol. The van der Waals surface area contributed by atoms with Crippen molar-refractivity contribution in [1.82, 2.24) is 0 Å². The Morgan fingerprint density at radius 1 is 0.967 bits per heavy atom. The molecule has 0 bridgehead atoms. The topological polar surface area (TPSA) is 84.5 Å². The maximum atomic E-state index is 12.8. The summed E-state index contributed by atoms with van der Waals surface area (Å²) in [5.74, 6) is -0.184. The number of rotatable bonds is 6. The van der Waals surface area contributed by atoms with E-state index in [1.165, 1.54) is 31.4 Å². The summed E-state index contributed by atoms with van der Waals surface area (Å²) in [6.07, 6.45) is 0. The fourth-order valence-electron chi connectivity index (χ4n) is 2.57. The molecule has 10 heteroatoms. The van der Waals surface area contributed by atoms with Crippen molar-refractivity contribution >= 4 is 66.4 Å². The maximum absolute atomic E-state index is 12.8. The van der Waals surface area contributed by atoms with E-state index in [9.17, 15) is 13.2 Å². The van der Waals surface area contributed by atoms with Crippen LogP contribution < -0.4 is 14.8 Å².